The summed E-state index contributed by atoms with van der Waals surface area (Å²) in [4.78, 5) is 41.2. The summed E-state index contributed by atoms with van der Waals surface area (Å²) in [5.74, 6) is -0.509. The van der Waals surface area contributed by atoms with E-state index in [1.807, 2.05) is 6.20 Å². The number of thioether (sulfide) groups is 1. The number of imidazole rings is 1. The van der Waals surface area contributed by atoms with E-state index in [0.717, 1.165) is 27.1 Å². The molecule has 2 aromatic heterocycles. The van der Waals surface area contributed by atoms with Gasteiger partial charge in [0.05, 0.1) is 5.25 Å². The fourth-order valence-electron chi connectivity index (χ4n) is 2.53. The summed E-state index contributed by atoms with van der Waals surface area (Å²) in [6.45, 7) is 1.71. The first-order valence-electron chi connectivity index (χ1n) is 7.62. The van der Waals surface area contributed by atoms with Gasteiger partial charge in [-0.3, -0.25) is 18.7 Å². The second-order valence-electron chi connectivity index (χ2n) is 5.94. The average molecular weight is 349 g/mol. The molecule has 9 heteroatoms. The molecule has 0 bridgehead atoms. The average Bonchev–Trinajstić information content (AvgIpc) is 3.30. The maximum atomic E-state index is 12.8. The van der Waals surface area contributed by atoms with Gasteiger partial charge in [0.25, 0.3) is 5.56 Å². The fraction of sp³-hybridized carbons (Fsp3) is 0.467. The minimum atomic E-state index is -0.668. The summed E-state index contributed by atoms with van der Waals surface area (Å²) in [5, 5.41) is 0.205. The van der Waals surface area contributed by atoms with Crippen molar-refractivity contribution in [3.63, 3.8) is 0 Å². The highest BCUT2D eigenvalue weighted by Gasteiger charge is 2.29. The first-order valence-corrected chi connectivity index (χ1v) is 8.50. The Morgan fingerprint density at radius 1 is 1.33 bits per heavy atom. The zero-order valence-corrected chi connectivity index (χ0v) is 14.5. The van der Waals surface area contributed by atoms with E-state index in [1.165, 1.54) is 25.9 Å². The van der Waals surface area contributed by atoms with E-state index in [2.05, 4.69) is 9.55 Å². The van der Waals surface area contributed by atoms with E-state index in [9.17, 15) is 14.4 Å². The number of aromatic nitrogens is 4. The summed E-state index contributed by atoms with van der Waals surface area (Å²) in [5.41, 5.74) is 4.48. The van der Waals surface area contributed by atoms with Crippen LogP contribution >= 0.6 is 11.8 Å². The van der Waals surface area contributed by atoms with Crippen molar-refractivity contribution in [3.05, 3.63) is 38.8 Å². The number of carbonyl (C=O) groups excluding carboxylic acids is 1. The van der Waals surface area contributed by atoms with Gasteiger partial charge in [-0.2, -0.15) is 0 Å². The molecular formula is C15H19N5O3S. The van der Waals surface area contributed by atoms with Gasteiger partial charge < -0.3 is 10.3 Å². The predicted molar refractivity (Wildman–Crippen MR) is 91.5 cm³/mol. The molecule has 0 aromatic carbocycles. The lowest BCUT2D eigenvalue weighted by molar-refractivity contribution is 0.0992. The molecule has 1 fully saturated rings. The van der Waals surface area contributed by atoms with E-state index in [1.54, 1.807) is 13.1 Å². The topological polar surface area (TPSA) is 105 Å². The third-order valence-corrected chi connectivity index (χ3v) is 5.28. The van der Waals surface area contributed by atoms with Gasteiger partial charge in [0, 0.05) is 32.5 Å². The van der Waals surface area contributed by atoms with Crippen molar-refractivity contribution in [2.45, 2.75) is 36.2 Å². The lowest BCUT2D eigenvalue weighted by Gasteiger charge is -2.14. The number of nitrogen functional groups attached to an aromatic ring is 1. The number of Topliss-reactive ketones (excluding diaryl/α,β-unsaturated/α-hetero) is 1. The number of carbonyl (C=O) groups is 1. The van der Waals surface area contributed by atoms with Crippen molar-refractivity contribution in [1.29, 1.82) is 0 Å². The third kappa shape index (κ3) is 2.68. The van der Waals surface area contributed by atoms with Gasteiger partial charge >= 0.3 is 5.69 Å². The standard InChI is InChI=1S/C15H19N5O3S/c1-8(24-14-17-6-7-20(14)9-4-5-9)11(21)10-12(16)18(2)15(23)19(3)13(10)22/h6-9H,4-5,16H2,1-3H3. The Bertz CT molecular complexity index is 922. The van der Waals surface area contributed by atoms with Crippen LogP contribution in [0.1, 0.15) is 36.2 Å². The van der Waals surface area contributed by atoms with Gasteiger partial charge in [0.2, 0.25) is 0 Å². The molecule has 1 unspecified atom stereocenters. The number of hydrogen-bond acceptors (Lipinski definition) is 6. The van der Waals surface area contributed by atoms with E-state index < -0.39 is 22.3 Å². The number of nitrogens with zero attached hydrogens (tertiary/aromatic N) is 4. The zero-order valence-electron chi connectivity index (χ0n) is 13.7. The third-order valence-electron chi connectivity index (χ3n) is 4.18. The fourth-order valence-corrected chi connectivity index (χ4v) is 3.52. The van der Waals surface area contributed by atoms with Crippen molar-refractivity contribution < 1.29 is 4.79 Å². The van der Waals surface area contributed by atoms with Crippen molar-refractivity contribution in [3.8, 4) is 0 Å². The van der Waals surface area contributed by atoms with Crippen molar-refractivity contribution >= 4 is 23.4 Å². The molecule has 1 saturated carbocycles. The minimum Gasteiger partial charge on any atom is -0.384 e. The molecule has 1 aliphatic rings. The number of ketones is 1. The van der Waals surface area contributed by atoms with Crippen LogP contribution in [0.15, 0.2) is 27.1 Å². The molecule has 8 nitrogen and oxygen atoms in total. The number of anilines is 1. The Balaban J connectivity index is 1.93. The molecular weight excluding hydrogens is 330 g/mol. The molecule has 3 rings (SSSR count). The van der Waals surface area contributed by atoms with Crippen molar-refractivity contribution in [2.24, 2.45) is 14.1 Å². The summed E-state index contributed by atoms with van der Waals surface area (Å²) < 4.78 is 4.06. The van der Waals surface area contributed by atoms with Crippen LogP contribution in [0.25, 0.3) is 0 Å². The van der Waals surface area contributed by atoms with Crippen molar-refractivity contribution in [1.82, 2.24) is 18.7 Å². The van der Waals surface area contributed by atoms with Crippen LogP contribution in [0.2, 0.25) is 0 Å². The Labute approximate surface area is 142 Å². The normalized spacial score (nSPS) is 15.5. The molecule has 0 amide bonds. The van der Waals surface area contributed by atoms with E-state index in [-0.39, 0.29) is 11.4 Å². The monoisotopic (exact) mass is 349 g/mol. The molecule has 0 saturated heterocycles. The highest BCUT2D eigenvalue weighted by Crippen LogP contribution is 2.38. The molecule has 0 spiro atoms. The Kier molecular flexibility index (Phi) is 4.12. The first-order chi connectivity index (χ1) is 11.3. The summed E-state index contributed by atoms with van der Waals surface area (Å²) in [7, 11) is 2.77. The highest BCUT2D eigenvalue weighted by atomic mass is 32.2. The molecule has 2 heterocycles. The lowest BCUT2D eigenvalue weighted by Crippen LogP contribution is -2.42. The molecule has 0 aliphatic heterocycles. The van der Waals surface area contributed by atoms with Crippen LogP contribution in [-0.2, 0) is 14.1 Å². The smallest absolute Gasteiger partial charge is 0.332 e. The van der Waals surface area contributed by atoms with Gasteiger partial charge in [-0.15, -0.1) is 0 Å². The minimum absolute atomic E-state index is 0.105. The SMILES string of the molecule is CC(Sc1nccn1C1CC1)C(=O)c1c(N)n(C)c(=O)n(C)c1=O. The molecule has 2 aromatic rings. The second-order valence-corrected chi connectivity index (χ2v) is 7.25. The second kappa shape index (κ2) is 5.97. The summed E-state index contributed by atoms with van der Waals surface area (Å²) in [6.07, 6.45) is 5.83. The van der Waals surface area contributed by atoms with Crippen molar-refractivity contribution in [2.75, 3.05) is 5.73 Å². The molecule has 24 heavy (non-hydrogen) atoms. The van der Waals surface area contributed by atoms with Gasteiger partial charge in [-0.1, -0.05) is 11.8 Å². The molecule has 1 aliphatic carbocycles. The van der Waals surface area contributed by atoms with Gasteiger partial charge in [0.15, 0.2) is 10.9 Å². The number of nitrogens with two attached hydrogens (primary N) is 1. The highest BCUT2D eigenvalue weighted by molar-refractivity contribution is 8.00. The first kappa shape index (κ1) is 16.6. The zero-order chi connectivity index (χ0) is 17.6. The quantitative estimate of drug-likeness (QED) is 0.625. The summed E-state index contributed by atoms with van der Waals surface area (Å²) in [6, 6.07) is 0.452. The molecule has 1 atom stereocenters. The number of hydrogen-bond donors (Lipinski definition) is 1. The Morgan fingerprint density at radius 3 is 2.62 bits per heavy atom. The van der Waals surface area contributed by atoms with Crippen LogP contribution in [0, 0.1) is 0 Å². The molecule has 0 radical (unpaired) electrons. The van der Waals surface area contributed by atoms with Crippen LogP contribution < -0.4 is 17.0 Å². The Morgan fingerprint density at radius 2 is 2.00 bits per heavy atom. The summed E-state index contributed by atoms with van der Waals surface area (Å²) >= 11 is 1.29. The predicted octanol–water partition coefficient (Wildman–Crippen LogP) is 0.561. The van der Waals surface area contributed by atoms with Gasteiger partial charge in [-0.25, -0.2) is 9.78 Å². The van der Waals surface area contributed by atoms with E-state index in [0.29, 0.717) is 6.04 Å². The van der Waals surface area contributed by atoms with Crippen LogP contribution in [0.3, 0.4) is 0 Å². The number of rotatable bonds is 5. The van der Waals surface area contributed by atoms with E-state index in [4.69, 9.17) is 5.73 Å². The maximum absolute atomic E-state index is 12.8. The van der Waals surface area contributed by atoms with Crippen LogP contribution in [0.5, 0.6) is 0 Å². The largest absolute Gasteiger partial charge is 0.384 e. The Hall–Kier alpha value is -2.29. The van der Waals surface area contributed by atoms with Gasteiger partial charge in [0.1, 0.15) is 11.4 Å². The molecule has 2 N–H and O–H groups in total. The maximum Gasteiger partial charge on any atom is 0.332 e. The molecule has 128 valence electrons. The van der Waals surface area contributed by atoms with Crippen LogP contribution in [0.4, 0.5) is 5.82 Å². The van der Waals surface area contributed by atoms with E-state index >= 15 is 0 Å². The van der Waals surface area contributed by atoms with Gasteiger partial charge in [-0.05, 0) is 19.8 Å². The lowest BCUT2D eigenvalue weighted by atomic mass is 10.1. The van der Waals surface area contributed by atoms with Crippen LogP contribution in [-0.4, -0.2) is 29.7 Å².